The van der Waals surface area contributed by atoms with Crippen molar-refractivity contribution in [2.24, 2.45) is 0 Å². The van der Waals surface area contributed by atoms with Crippen LogP contribution in [0.25, 0.3) is 0 Å². The molecule has 0 fully saturated rings. The lowest BCUT2D eigenvalue weighted by Gasteiger charge is -2.21. The molecule has 0 aliphatic heterocycles. The normalized spacial score (nSPS) is 12.0. The van der Waals surface area contributed by atoms with Crippen molar-refractivity contribution in [2.75, 3.05) is 32.5 Å². The van der Waals surface area contributed by atoms with Crippen LogP contribution in [0.15, 0.2) is 18.2 Å². The highest BCUT2D eigenvalue weighted by Crippen LogP contribution is 2.55. The van der Waals surface area contributed by atoms with Crippen LogP contribution in [0.2, 0.25) is 10.0 Å². The number of carbonyl (C=O) groups is 1. The quantitative estimate of drug-likeness (QED) is 0.278. The van der Waals surface area contributed by atoms with Gasteiger partial charge < -0.3 is 14.8 Å². The predicted octanol–water partition coefficient (Wildman–Crippen LogP) is 2.88. The molecule has 25 heavy (non-hydrogen) atoms. The average molecular weight is 413 g/mol. The SMILES string of the molecule is CCOC(OCC)[P+](O)(O)CC(=O)CNCCc1ccc(Cl)c(Cl)c1. The maximum atomic E-state index is 12.0. The molecule has 0 aromatic heterocycles. The van der Waals surface area contributed by atoms with Crippen LogP contribution in [-0.2, 0) is 20.7 Å². The zero-order valence-corrected chi connectivity index (χ0v) is 16.8. The summed E-state index contributed by atoms with van der Waals surface area (Å²) in [6.45, 7) is 4.56. The lowest BCUT2D eigenvalue weighted by atomic mass is 10.1. The summed E-state index contributed by atoms with van der Waals surface area (Å²) in [5.41, 5.74) is 0.994. The molecule has 142 valence electrons. The van der Waals surface area contributed by atoms with Crippen molar-refractivity contribution in [3.8, 4) is 0 Å². The van der Waals surface area contributed by atoms with E-state index in [4.69, 9.17) is 32.7 Å². The number of halogens is 2. The fourth-order valence-corrected chi connectivity index (χ4v) is 3.99. The Morgan fingerprint density at radius 2 is 1.84 bits per heavy atom. The van der Waals surface area contributed by atoms with Crippen LogP contribution < -0.4 is 5.32 Å². The summed E-state index contributed by atoms with van der Waals surface area (Å²) in [5.74, 6) is -0.308. The van der Waals surface area contributed by atoms with E-state index in [1.165, 1.54) is 0 Å². The lowest BCUT2D eigenvalue weighted by molar-refractivity contribution is -0.117. The minimum atomic E-state index is -3.63. The van der Waals surface area contributed by atoms with E-state index < -0.39 is 13.7 Å². The first-order valence-corrected chi connectivity index (χ1v) is 10.7. The van der Waals surface area contributed by atoms with Gasteiger partial charge in [0.15, 0.2) is 11.9 Å². The van der Waals surface area contributed by atoms with Crippen molar-refractivity contribution < 1.29 is 24.1 Å². The Balaban J connectivity index is 2.39. The van der Waals surface area contributed by atoms with Gasteiger partial charge in [-0.25, -0.2) is 9.79 Å². The minimum Gasteiger partial charge on any atom is -0.317 e. The standard InChI is InChI=1S/C16H25Cl2NO5P/c1-3-23-16(24-4-2)25(21,22)11-13(20)10-19-8-7-12-5-6-14(17)15(18)9-12/h5-6,9,16,19,21-22H,3-4,7-8,10-11H2,1-2H3/q+1. The Hall–Kier alpha value is -0.300. The van der Waals surface area contributed by atoms with Gasteiger partial charge in [0, 0.05) is 0 Å². The van der Waals surface area contributed by atoms with E-state index in [1.54, 1.807) is 26.0 Å². The first-order chi connectivity index (χ1) is 11.8. The van der Waals surface area contributed by atoms with Gasteiger partial charge in [-0.15, -0.1) is 0 Å². The van der Waals surface area contributed by atoms with Gasteiger partial charge in [0.05, 0.1) is 29.8 Å². The van der Waals surface area contributed by atoms with Crippen LogP contribution in [-0.4, -0.2) is 54.1 Å². The molecule has 0 aliphatic carbocycles. The highest BCUT2D eigenvalue weighted by Gasteiger charge is 2.48. The van der Waals surface area contributed by atoms with Gasteiger partial charge in [-0.3, -0.25) is 4.79 Å². The summed E-state index contributed by atoms with van der Waals surface area (Å²) < 4.78 is 10.4. The number of hydrogen-bond donors (Lipinski definition) is 3. The molecule has 6 nitrogen and oxygen atoms in total. The Morgan fingerprint density at radius 3 is 2.40 bits per heavy atom. The van der Waals surface area contributed by atoms with Crippen molar-refractivity contribution in [3.05, 3.63) is 33.8 Å². The molecule has 1 rings (SSSR count). The molecule has 0 spiro atoms. The zero-order valence-electron chi connectivity index (χ0n) is 14.4. The van der Waals surface area contributed by atoms with E-state index >= 15 is 0 Å². The second-order valence-electron chi connectivity index (χ2n) is 5.38. The van der Waals surface area contributed by atoms with Crippen molar-refractivity contribution in [1.82, 2.24) is 5.32 Å². The van der Waals surface area contributed by atoms with Crippen LogP contribution in [0.4, 0.5) is 0 Å². The molecule has 3 N–H and O–H groups in total. The van der Waals surface area contributed by atoms with E-state index in [2.05, 4.69) is 5.32 Å². The molecule has 0 unspecified atom stereocenters. The third-order valence-corrected chi connectivity index (χ3v) is 5.79. The fourth-order valence-electron chi connectivity index (χ4n) is 2.12. The summed E-state index contributed by atoms with van der Waals surface area (Å²) in [7, 11) is -3.63. The molecule has 1 aromatic rings. The number of rotatable bonds is 12. The highest BCUT2D eigenvalue weighted by molar-refractivity contribution is 7.65. The lowest BCUT2D eigenvalue weighted by Crippen LogP contribution is -2.31. The minimum absolute atomic E-state index is 0.0369. The summed E-state index contributed by atoms with van der Waals surface area (Å²) in [4.78, 5) is 32.3. The van der Waals surface area contributed by atoms with Crippen molar-refractivity contribution in [3.63, 3.8) is 0 Å². The second kappa shape index (κ2) is 11.4. The molecule has 0 bridgehead atoms. The smallest absolute Gasteiger partial charge is 0.317 e. The first kappa shape index (κ1) is 22.7. The molecule has 1 aromatic carbocycles. The second-order valence-corrected chi connectivity index (χ2v) is 8.50. The Kier molecular flexibility index (Phi) is 10.4. The summed E-state index contributed by atoms with van der Waals surface area (Å²) >= 11 is 11.8. The van der Waals surface area contributed by atoms with Crippen LogP contribution in [0, 0.1) is 0 Å². The molecule has 9 heteroatoms. The predicted molar refractivity (Wildman–Crippen MR) is 101 cm³/mol. The molecule has 0 amide bonds. The maximum absolute atomic E-state index is 12.0. The van der Waals surface area contributed by atoms with Gasteiger partial charge in [-0.1, -0.05) is 29.3 Å². The van der Waals surface area contributed by atoms with Gasteiger partial charge >= 0.3 is 13.7 Å². The summed E-state index contributed by atoms with van der Waals surface area (Å²) in [6, 6.07) is 4.22. The number of nitrogens with one attached hydrogen (secondary N) is 1. The van der Waals surface area contributed by atoms with Crippen LogP contribution in [0.1, 0.15) is 19.4 Å². The molecular formula is C16H25Cl2NO5P+. The molecule has 0 atom stereocenters. The Labute approximate surface area is 158 Å². The van der Waals surface area contributed by atoms with Crippen LogP contribution in [0.3, 0.4) is 0 Å². The third kappa shape index (κ3) is 8.29. The van der Waals surface area contributed by atoms with E-state index in [0.717, 1.165) is 5.56 Å². The number of benzene rings is 1. The van der Waals surface area contributed by atoms with E-state index in [1.807, 2.05) is 6.07 Å². The Bertz CT molecular complexity index is 553. The highest BCUT2D eigenvalue weighted by atomic mass is 35.5. The molecule has 0 radical (unpaired) electrons. The molecular weight excluding hydrogens is 388 g/mol. The first-order valence-electron chi connectivity index (χ1n) is 8.03. The number of ether oxygens (including phenoxy) is 2. The molecule has 0 aliphatic rings. The van der Waals surface area contributed by atoms with Crippen LogP contribution >= 0.6 is 30.9 Å². The zero-order chi connectivity index (χ0) is 18.9. The van der Waals surface area contributed by atoms with Gasteiger partial charge in [-0.2, -0.15) is 0 Å². The monoisotopic (exact) mass is 412 g/mol. The topological polar surface area (TPSA) is 88.0 Å². The number of carbonyl (C=O) groups excluding carboxylic acids is 1. The third-order valence-electron chi connectivity index (χ3n) is 3.26. The Morgan fingerprint density at radius 1 is 1.20 bits per heavy atom. The van der Waals surface area contributed by atoms with Crippen LogP contribution in [0.5, 0.6) is 0 Å². The van der Waals surface area contributed by atoms with Crippen molar-refractivity contribution in [2.45, 2.75) is 26.3 Å². The molecule has 0 saturated heterocycles. The number of Topliss-reactive ketones (excluding diaryl/α,β-unsaturated/α-hetero) is 1. The summed E-state index contributed by atoms with van der Waals surface area (Å²) in [6.07, 6.45) is 0.292. The van der Waals surface area contributed by atoms with Gasteiger partial charge in [-0.05, 0) is 44.5 Å². The van der Waals surface area contributed by atoms with E-state index in [0.29, 0.717) is 23.0 Å². The maximum Gasteiger partial charge on any atom is 0.334 e. The average Bonchev–Trinajstić information content (AvgIpc) is 2.54. The van der Waals surface area contributed by atoms with Gasteiger partial charge in [0.25, 0.3) is 0 Å². The largest absolute Gasteiger partial charge is 0.334 e. The van der Waals surface area contributed by atoms with Crippen molar-refractivity contribution in [1.29, 1.82) is 0 Å². The van der Waals surface area contributed by atoms with E-state index in [9.17, 15) is 14.6 Å². The van der Waals surface area contributed by atoms with E-state index in [-0.39, 0.29) is 31.7 Å². The molecule has 0 saturated carbocycles. The summed E-state index contributed by atoms with van der Waals surface area (Å²) in [5, 5.41) is 3.97. The van der Waals surface area contributed by atoms with Gasteiger partial charge in [0.1, 0.15) is 0 Å². The number of ketones is 1. The number of hydrogen-bond acceptors (Lipinski definition) is 6. The fraction of sp³-hybridized carbons (Fsp3) is 0.562. The molecule has 0 heterocycles. The van der Waals surface area contributed by atoms with Crippen molar-refractivity contribution >= 4 is 36.7 Å². The van der Waals surface area contributed by atoms with Gasteiger partial charge in [0.2, 0.25) is 0 Å².